The van der Waals surface area contributed by atoms with Gasteiger partial charge in [0.2, 0.25) is 0 Å². The Balaban J connectivity index is 1.09. The normalized spacial score (nSPS) is 22.8. The first kappa shape index (κ1) is 54.7. The molecule has 7 aromatic carbocycles. The Morgan fingerprint density at radius 3 is 1.26 bits per heavy atom. The molecule has 2 fully saturated rings. The van der Waals surface area contributed by atoms with E-state index in [2.05, 4.69) is 5.32 Å². The summed E-state index contributed by atoms with van der Waals surface area (Å²) < 4.78 is 71.0. The zero-order chi connectivity index (χ0) is 53.9. The minimum atomic E-state index is -1.59. The molecular weight excluding hydrogens is 999 g/mol. The van der Waals surface area contributed by atoms with Crippen molar-refractivity contribution < 1.29 is 71.3 Å². The molecule has 1 amide bonds. The number of rotatable bonds is 22. The molecule has 1 N–H and O–H groups in total. The Kier molecular flexibility index (Phi) is 19.5. The molecule has 0 aliphatic carbocycles. The van der Waals surface area contributed by atoms with Crippen molar-refractivity contribution in [2.24, 2.45) is 0 Å². The number of nitrogens with one attached hydrogen (secondary N) is 1. The average molecular weight is 1060 g/mol. The molecule has 2 saturated heterocycles. The smallest absolute Gasteiger partial charge is 0.412 e. The van der Waals surface area contributed by atoms with Gasteiger partial charge in [-0.3, -0.25) is 5.32 Å². The van der Waals surface area contributed by atoms with Crippen LogP contribution in [0, 0.1) is 0 Å². The number of amides is 1. The van der Waals surface area contributed by atoms with Gasteiger partial charge in [0, 0.05) is 12.8 Å². The molecule has 0 radical (unpaired) electrons. The predicted octanol–water partition coefficient (Wildman–Crippen LogP) is 9.78. The van der Waals surface area contributed by atoms with Gasteiger partial charge < -0.3 is 52.1 Å². The minimum absolute atomic E-state index is 0.0443. The molecule has 9 rings (SSSR count). The van der Waals surface area contributed by atoms with Crippen LogP contribution in [-0.2, 0) is 71.9 Å². The summed E-state index contributed by atoms with van der Waals surface area (Å²) in [5, 5.41) is 2.79. The van der Waals surface area contributed by atoms with Crippen LogP contribution in [0.4, 0.5) is 10.5 Å². The lowest BCUT2D eigenvalue weighted by Gasteiger charge is -2.47. The Labute approximate surface area is 452 Å². The van der Waals surface area contributed by atoms with E-state index in [4.69, 9.17) is 52.1 Å². The number of ether oxygens (including phenoxy) is 11. The molecule has 2 aliphatic heterocycles. The van der Waals surface area contributed by atoms with Crippen LogP contribution in [-0.4, -0.2) is 106 Å². The number of carbonyl (C=O) groups excluding carboxylic acids is 4. The fraction of sp³-hybridized carbons (Fsp3) is 0.258. The van der Waals surface area contributed by atoms with Crippen molar-refractivity contribution >= 4 is 29.7 Å². The molecule has 10 atom stereocenters. The van der Waals surface area contributed by atoms with Gasteiger partial charge in [-0.15, -0.1) is 0 Å². The summed E-state index contributed by atoms with van der Waals surface area (Å²) in [6, 6.07) is 61.9. The Bertz CT molecular complexity index is 2940. The molecule has 0 saturated carbocycles. The van der Waals surface area contributed by atoms with Gasteiger partial charge in [0.25, 0.3) is 0 Å². The van der Waals surface area contributed by atoms with Crippen molar-refractivity contribution in [3.05, 3.63) is 246 Å². The number of anilines is 1. The third-order valence-corrected chi connectivity index (χ3v) is 12.8. The maximum absolute atomic E-state index is 14.2. The van der Waals surface area contributed by atoms with E-state index < -0.39 is 92.0 Å². The van der Waals surface area contributed by atoms with Crippen molar-refractivity contribution in [1.29, 1.82) is 0 Å². The molecule has 2 heterocycles. The third-order valence-electron chi connectivity index (χ3n) is 12.8. The van der Waals surface area contributed by atoms with E-state index in [0.717, 1.165) is 16.7 Å². The number of methoxy groups -OCH3 is 1. The highest BCUT2D eigenvalue weighted by Crippen LogP contribution is 2.35. The van der Waals surface area contributed by atoms with E-state index in [1.165, 1.54) is 7.11 Å². The summed E-state index contributed by atoms with van der Waals surface area (Å²) in [6.07, 6.45) is -14.2. The summed E-state index contributed by atoms with van der Waals surface area (Å²) in [5.41, 5.74) is 3.52. The summed E-state index contributed by atoms with van der Waals surface area (Å²) in [6.45, 7) is -0.163. The van der Waals surface area contributed by atoms with Gasteiger partial charge in [0.15, 0.2) is 37.0 Å². The molecular formula is C62H59NO15. The highest BCUT2D eigenvalue weighted by atomic mass is 16.8. The Hall–Kier alpha value is -8.06. The lowest BCUT2D eigenvalue weighted by molar-refractivity contribution is -0.335. The van der Waals surface area contributed by atoms with Crippen LogP contribution in [0.3, 0.4) is 0 Å². The van der Waals surface area contributed by atoms with Crippen LogP contribution in [0.1, 0.15) is 47.8 Å². The van der Waals surface area contributed by atoms with Crippen LogP contribution in [0.5, 0.6) is 0 Å². The number of hydrogen-bond donors (Lipinski definition) is 1. The van der Waals surface area contributed by atoms with Gasteiger partial charge in [-0.1, -0.05) is 164 Å². The number of para-hydroxylation sites is 1. The van der Waals surface area contributed by atoms with E-state index >= 15 is 0 Å². The van der Waals surface area contributed by atoms with Gasteiger partial charge >= 0.3 is 24.0 Å². The van der Waals surface area contributed by atoms with Crippen molar-refractivity contribution in [2.45, 2.75) is 81.2 Å². The van der Waals surface area contributed by atoms with E-state index in [-0.39, 0.29) is 43.1 Å². The average Bonchev–Trinajstić information content (AvgIpc) is 3.53. The van der Waals surface area contributed by atoms with Crippen LogP contribution >= 0.6 is 0 Å². The Morgan fingerprint density at radius 2 is 0.769 bits per heavy atom. The van der Waals surface area contributed by atoms with Gasteiger partial charge in [-0.05, 0) is 65.2 Å². The first-order valence-electron chi connectivity index (χ1n) is 25.5. The fourth-order valence-electron chi connectivity index (χ4n) is 8.95. The van der Waals surface area contributed by atoms with E-state index in [0.29, 0.717) is 5.69 Å². The second-order valence-corrected chi connectivity index (χ2v) is 18.2. The van der Waals surface area contributed by atoms with Crippen LogP contribution in [0.2, 0.25) is 0 Å². The van der Waals surface area contributed by atoms with Crippen molar-refractivity contribution in [2.75, 3.05) is 25.6 Å². The number of benzene rings is 7. The summed E-state index contributed by atoms with van der Waals surface area (Å²) in [7, 11) is 1.32. The van der Waals surface area contributed by atoms with Gasteiger partial charge in [0.05, 0.1) is 49.7 Å². The Morgan fingerprint density at radius 1 is 0.385 bits per heavy atom. The summed E-state index contributed by atoms with van der Waals surface area (Å²) >= 11 is 0. The molecule has 16 nitrogen and oxygen atoms in total. The van der Waals surface area contributed by atoms with Crippen LogP contribution in [0.15, 0.2) is 212 Å². The maximum Gasteiger partial charge on any atom is 0.412 e. The van der Waals surface area contributed by atoms with Crippen LogP contribution in [0.25, 0.3) is 0 Å². The third kappa shape index (κ3) is 14.9. The zero-order valence-corrected chi connectivity index (χ0v) is 42.6. The van der Waals surface area contributed by atoms with Gasteiger partial charge in [0.1, 0.15) is 24.4 Å². The molecule has 0 aromatic heterocycles. The highest BCUT2D eigenvalue weighted by Gasteiger charge is 2.55. The predicted molar refractivity (Wildman–Crippen MR) is 284 cm³/mol. The fourth-order valence-corrected chi connectivity index (χ4v) is 8.95. The van der Waals surface area contributed by atoms with Crippen LogP contribution < -0.4 is 5.32 Å². The molecule has 402 valence electrons. The largest absolute Gasteiger partial charge is 0.452 e. The summed E-state index contributed by atoms with van der Waals surface area (Å²) in [4.78, 5) is 56.5. The highest BCUT2D eigenvalue weighted by molar-refractivity contribution is 5.91. The minimum Gasteiger partial charge on any atom is -0.452 e. The van der Waals surface area contributed by atoms with Crippen molar-refractivity contribution in [3.63, 3.8) is 0 Å². The first-order chi connectivity index (χ1) is 38.3. The van der Waals surface area contributed by atoms with E-state index in [1.54, 1.807) is 115 Å². The quantitative estimate of drug-likeness (QED) is 0.0500. The monoisotopic (exact) mass is 1060 g/mol. The van der Waals surface area contributed by atoms with Crippen molar-refractivity contribution in [3.8, 4) is 0 Å². The first-order valence-corrected chi connectivity index (χ1v) is 25.5. The molecule has 0 unspecified atom stereocenters. The second kappa shape index (κ2) is 27.8. The topological polar surface area (TPSA) is 182 Å². The van der Waals surface area contributed by atoms with Crippen molar-refractivity contribution in [1.82, 2.24) is 0 Å². The van der Waals surface area contributed by atoms with Gasteiger partial charge in [-0.25, -0.2) is 19.2 Å². The molecule has 0 spiro atoms. The SMILES string of the molecule is CO[C@H]1O[C@H](CO[C@@H]2O[C@H](COCc3ccccc3)[C@@H](OCc3ccccc3)[C@H](OCc3ccccc3)[C@H]2OC(=O)Nc2ccccc2)[C@@H](OC(=O)c2ccccc2)[C@H](OC(=O)c2ccccc2)[C@H]1OC(=O)c1ccccc1. The lowest BCUT2D eigenvalue weighted by atomic mass is 9.96. The number of hydrogen-bond acceptors (Lipinski definition) is 15. The zero-order valence-electron chi connectivity index (χ0n) is 42.6. The second-order valence-electron chi connectivity index (χ2n) is 18.2. The molecule has 16 heteroatoms. The molecule has 7 aromatic rings. The standard InChI is InChI=1S/C62H59NO15/c1-68-60-56(77-59(66)47-33-19-7-20-34-47)54(76-58(65)46-31-17-6-18-32-46)52(75-57(64)45-29-15-5-16-30-45)50(73-60)41-72-61-55(78-62(67)63-48-35-21-8-22-36-48)53(71-39-44-27-13-4-14-28-44)51(70-38-43-25-11-3-12-26-43)49(74-61)40-69-37-42-23-9-2-10-24-42/h2-36,49-56,60-61H,37-41H2,1H3,(H,63,67)/t49-,50-,51-,52-,53+,54+,55-,56-,60+,61-/m1/s1. The molecule has 78 heavy (non-hydrogen) atoms. The summed E-state index contributed by atoms with van der Waals surface area (Å²) in [5.74, 6) is -2.45. The number of carbonyl (C=O) groups is 4. The van der Waals surface area contributed by atoms with Gasteiger partial charge in [-0.2, -0.15) is 0 Å². The van der Waals surface area contributed by atoms with E-state index in [1.807, 2.05) is 97.1 Å². The van der Waals surface area contributed by atoms with E-state index in [9.17, 15) is 19.2 Å². The molecule has 2 aliphatic rings. The maximum atomic E-state index is 14.2. The molecule has 0 bridgehead atoms. The lowest BCUT2D eigenvalue weighted by Crippen LogP contribution is -2.64. The number of esters is 3.